The van der Waals surface area contributed by atoms with E-state index in [2.05, 4.69) is 21.6 Å². The van der Waals surface area contributed by atoms with Crippen LogP contribution >= 0.6 is 11.6 Å². The Hall–Kier alpha value is -1.62. The maximum absolute atomic E-state index is 5.84. The summed E-state index contributed by atoms with van der Waals surface area (Å²) in [7, 11) is 1.79. The SMILES string of the molecule is C=C(OCC)c1nc(Cl)nc2c1cnn2C. The maximum Gasteiger partial charge on any atom is 0.225 e. The monoisotopic (exact) mass is 238 g/mol. The first-order chi connectivity index (χ1) is 7.63. The summed E-state index contributed by atoms with van der Waals surface area (Å²) in [6, 6.07) is 0. The standard InChI is InChI=1S/C10H11ClN4O/c1-4-16-6(2)8-7-5-12-15(3)9(7)14-10(11)13-8/h5H,2,4H2,1,3H3. The van der Waals surface area contributed by atoms with Crippen LogP contribution in [-0.2, 0) is 11.8 Å². The Bertz CT molecular complexity index is 549. The van der Waals surface area contributed by atoms with Gasteiger partial charge >= 0.3 is 0 Å². The average Bonchev–Trinajstić information content (AvgIpc) is 2.60. The molecule has 0 atom stereocenters. The summed E-state index contributed by atoms with van der Waals surface area (Å²) in [6.45, 7) is 6.22. The lowest BCUT2D eigenvalue weighted by atomic mass is 10.2. The van der Waals surface area contributed by atoms with Crippen LogP contribution in [0.2, 0.25) is 5.28 Å². The lowest BCUT2D eigenvalue weighted by Crippen LogP contribution is -1.98. The molecule has 0 amide bonds. The number of hydrogen-bond acceptors (Lipinski definition) is 4. The number of fused-ring (bicyclic) bond motifs is 1. The van der Waals surface area contributed by atoms with Crippen LogP contribution < -0.4 is 0 Å². The Morgan fingerprint density at radius 3 is 3.00 bits per heavy atom. The second-order valence-electron chi connectivity index (χ2n) is 3.20. The Morgan fingerprint density at radius 1 is 1.56 bits per heavy atom. The van der Waals surface area contributed by atoms with E-state index in [1.54, 1.807) is 17.9 Å². The van der Waals surface area contributed by atoms with Gasteiger partial charge < -0.3 is 4.74 Å². The molecule has 0 bridgehead atoms. The van der Waals surface area contributed by atoms with Gasteiger partial charge in [-0.2, -0.15) is 10.1 Å². The molecule has 0 aliphatic rings. The topological polar surface area (TPSA) is 52.8 Å². The highest BCUT2D eigenvalue weighted by Crippen LogP contribution is 2.22. The Balaban J connectivity index is 2.64. The molecule has 5 nitrogen and oxygen atoms in total. The van der Waals surface area contributed by atoms with Crippen LogP contribution in [0.25, 0.3) is 16.8 Å². The van der Waals surface area contributed by atoms with Crippen molar-refractivity contribution in [2.75, 3.05) is 6.61 Å². The molecule has 0 saturated carbocycles. The summed E-state index contributed by atoms with van der Waals surface area (Å²) in [5.41, 5.74) is 1.25. The fourth-order valence-electron chi connectivity index (χ4n) is 1.45. The summed E-state index contributed by atoms with van der Waals surface area (Å²) in [4.78, 5) is 8.21. The second-order valence-corrected chi connectivity index (χ2v) is 3.54. The van der Waals surface area contributed by atoms with E-state index in [1.807, 2.05) is 6.92 Å². The second kappa shape index (κ2) is 4.09. The molecule has 2 rings (SSSR count). The highest BCUT2D eigenvalue weighted by Gasteiger charge is 2.13. The van der Waals surface area contributed by atoms with E-state index in [1.165, 1.54) is 0 Å². The highest BCUT2D eigenvalue weighted by atomic mass is 35.5. The quantitative estimate of drug-likeness (QED) is 0.607. The van der Waals surface area contributed by atoms with Crippen molar-refractivity contribution in [1.82, 2.24) is 19.7 Å². The number of nitrogens with zero attached hydrogens (tertiary/aromatic N) is 4. The molecule has 0 aliphatic heterocycles. The molecule has 0 aliphatic carbocycles. The summed E-state index contributed by atoms with van der Waals surface area (Å²) in [6.07, 6.45) is 1.67. The van der Waals surface area contributed by atoms with Crippen LogP contribution in [0.15, 0.2) is 12.8 Å². The number of hydrogen-bond donors (Lipinski definition) is 0. The first kappa shape index (κ1) is 10.9. The van der Waals surface area contributed by atoms with Gasteiger partial charge in [0.1, 0.15) is 11.5 Å². The Labute approximate surface area is 97.7 Å². The molecule has 84 valence electrons. The van der Waals surface area contributed by atoms with Gasteiger partial charge in [0, 0.05) is 7.05 Å². The number of aryl methyl sites for hydroxylation is 1. The van der Waals surface area contributed by atoms with E-state index in [0.717, 1.165) is 5.39 Å². The zero-order valence-corrected chi connectivity index (χ0v) is 9.82. The average molecular weight is 239 g/mol. The van der Waals surface area contributed by atoms with Crippen molar-refractivity contribution in [2.24, 2.45) is 7.05 Å². The molecular formula is C10H11ClN4O. The lowest BCUT2D eigenvalue weighted by Gasteiger charge is -2.07. The van der Waals surface area contributed by atoms with Gasteiger partial charge in [-0.15, -0.1) is 0 Å². The third-order valence-electron chi connectivity index (χ3n) is 2.15. The minimum Gasteiger partial charge on any atom is -0.492 e. The van der Waals surface area contributed by atoms with E-state index in [9.17, 15) is 0 Å². The summed E-state index contributed by atoms with van der Waals surface area (Å²) < 4.78 is 6.95. The molecule has 0 unspecified atom stereocenters. The van der Waals surface area contributed by atoms with Gasteiger partial charge in [-0.25, -0.2) is 4.98 Å². The predicted molar refractivity (Wildman–Crippen MR) is 62.0 cm³/mol. The zero-order valence-electron chi connectivity index (χ0n) is 9.07. The van der Waals surface area contributed by atoms with Crippen molar-refractivity contribution >= 4 is 28.4 Å². The third kappa shape index (κ3) is 1.74. The minimum absolute atomic E-state index is 0.159. The first-order valence-corrected chi connectivity index (χ1v) is 5.18. The number of aromatic nitrogens is 4. The fraction of sp³-hybridized carbons (Fsp3) is 0.300. The number of ether oxygens (including phenoxy) is 1. The van der Waals surface area contributed by atoms with Crippen LogP contribution in [0.4, 0.5) is 0 Å². The predicted octanol–water partition coefficient (Wildman–Crippen LogP) is 2.02. The van der Waals surface area contributed by atoms with Gasteiger partial charge in [-0.3, -0.25) is 4.68 Å². The first-order valence-electron chi connectivity index (χ1n) is 4.80. The molecule has 2 heterocycles. The van der Waals surface area contributed by atoms with Gasteiger partial charge in [0.05, 0.1) is 18.2 Å². The van der Waals surface area contributed by atoms with E-state index >= 15 is 0 Å². The molecule has 0 N–H and O–H groups in total. The lowest BCUT2D eigenvalue weighted by molar-refractivity contribution is 0.298. The molecule has 0 radical (unpaired) electrons. The van der Waals surface area contributed by atoms with Crippen molar-refractivity contribution in [1.29, 1.82) is 0 Å². The third-order valence-corrected chi connectivity index (χ3v) is 2.32. The van der Waals surface area contributed by atoms with E-state index < -0.39 is 0 Å². The van der Waals surface area contributed by atoms with Crippen molar-refractivity contribution in [3.05, 3.63) is 23.8 Å². The summed E-state index contributed by atoms with van der Waals surface area (Å²) in [5.74, 6) is 0.477. The molecule has 6 heteroatoms. The largest absolute Gasteiger partial charge is 0.492 e. The van der Waals surface area contributed by atoms with Crippen LogP contribution in [0.1, 0.15) is 12.6 Å². The van der Waals surface area contributed by atoms with Gasteiger partial charge in [-0.1, -0.05) is 6.58 Å². The summed E-state index contributed by atoms with van der Waals surface area (Å²) in [5, 5.41) is 5.04. The molecule has 2 aromatic rings. The van der Waals surface area contributed by atoms with Crippen LogP contribution in [0.3, 0.4) is 0 Å². The van der Waals surface area contributed by atoms with Gasteiger partial charge in [-0.05, 0) is 18.5 Å². The molecule has 0 aromatic carbocycles. The molecule has 0 saturated heterocycles. The highest BCUT2D eigenvalue weighted by molar-refractivity contribution is 6.28. The van der Waals surface area contributed by atoms with Crippen molar-refractivity contribution < 1.29 is 4.74 Å². The van der Waals surface area contributed by atoms with Crippen LogP contribution in [0, 0.1) is 0 Å². The molecule has 2 aromatic heterocycles. The van der Waals surface area contributed by atoms with Gasteiger partial charge in [0.25, 0.3) is 0 Å². The number of rotatable bonds is 3. The summed E-state index contributed by atoms with van der Waals surface area (Å²) >= 11 is 5.84. The smallest absolute Gasteiger partial charge is 0.225 e. The van der Waals surface area contributed by atoms with Gasteiger partial charge in [0.2, 0.25) is 5.28 Å². The van der Waals surface area contributed by atoms with Crippen molar-refractivity contribution in [3.63, 3.8) is 0 Å². The van der Waals surface area contributed by atoms with Gasteiger partial charge in [0.15, 0.2) is 5.65 Å². The minimum atomic E-state index is 0.159. The molecule has 16 heavy (non-hydrogen) atoms. The maximum atomic E-state index is 5.84. The Kier molecular flexibility index (Phi) is 2.78. The van der Waals surface area contributed by atoms with E-state index in [-0.39, 0.29) is 5.28 Å². The normalized spacial score (nSPS) is 10.7. The molecular weight excluding hydrogens is 228 g/mol. The van der Waals surface area contributed by atoms with E-state index in [4.69, 9.17) is 16.3 Å². The van der Waals surface area contributed by atoms with Crippen molar-refractivity contribution in [3.8, 4) is 0 Å². The zero-order chi connectivity index (χ0) is 11.7. The molecule has 0 fully saturated rings. The van der Waals surface area contributed by atoms with Crippen LogP contribution in [0.5, 0.6) is 0 Å². The Morgan fingerprint density at radius 2 is 2.31 bits per heavy atom. The van der Waals surface area contributed by atoms with E-state index in [0.29, 0.717) is 23.7 Å². The fourth-order valence-corrected chi connectivity index (χ4v) is 1.62. The van der Waals surface area contributed by atoms with Crippen LogP contribution in [-0.4, -0.2) is 26.4 Å². The number of halogens is 1. The van der Waals surface area contributed by atoms with Crippen molar-refractivity contribution in [2.45, 2.75) is 6.92 Å². The molecule has 0 spiro atoms.